The van der Waals surface area contributed by atoms with E-state index in [4.69, 9.17) is 9.90 Å². The Bertz CT molecular complexity index is 920. The van der Waals surface area contributed by atoms with Gasteiger partial charge in [0.25, 0.3) is 0 Å². The Kier molecular flexibility index (Phi) is 7.00. The number of carboxylic acid groups (broad SMARTS) is 1. The summed E-state index contributed by atoms with van der Waals surface area (Å²) in [5.74, 6) is -2.75. The molecule has 2 aromatic rings. The van der Waals surface area contributed by atoms with Crippen LogP contribution in [0.15, 0.2) is 41.8 Å². The van der Waals surface area contributed by atoms with Gasteiger partial charge in [0.15, 0.2) is 0 Å². The monoisotopic (exact) mass is 458 g/mol. The molecule has 0 saturated carbocycles. The highest BCUT2D eigenvalue weighted by atomic mass is 32.1. The van der Waals surface area contributed by atoms with Gasteiger partial charge in [0.05, 0.1) is 5.41 Å². The van der Waals surface area contributed by atoms with Crippen LogP contribution in [0.1, 0.15) is 23.3 Å². The van der Waals surface area contributed by atoms with Crippen molar-refractivity contribution in [1.29, 1.82) is 0 Å². The summed E-state index contributed by atoms with van der Waals surface area (Å²) in [6.07, 6.45) is -3.22. The second-order valence-corrected chi connectivity index (χ2v) is 8.76. The maximum atomic E-state index is 13.4. The Hall–Kier alpha value is -2.46. The molecule has 1 aromatic heterocycles. The first kappa shape index (κ1) is 23.2. The number of hydrogen-bond acceptors (Lipinski definition) is 4. The van der Waals surface area contributed by atoms with Gasteiger partial charge >= 0.3 is 12.1 Å². The van der Waals surface area contributed by atoms with Gasteiger partial charge in [-0.15, -0.1) is 11.3 Å². The summed E-state index contributed by atoms with van der Waals surface area (Å²) in [5, 5.41) is 9.22. The van der Waals surface area contributed by atoms with Gasteiger partial charge in [-0.1, -0.05) is 18.2 Å². The minimum atomic E-state index is -5.08. The Labute approximate surface area is 180 Å². The van der Waals surface area contributed by atoms with Gasteiger partial charge < -0.3 is 10.0 Å². The number of aliphatic carboxylic acids is 1. The van der Waals surface area contributed by atoms with E-state index in [9.17, 15) is 22.4 Å². The topological polar surface area (TPSA) is 60.9 Å². The molecule has 1 atom stereocenters. The van der Waals surface area contributed by atoms with Gasteiger partial charge in [-0.2, -0.15) is 13.2 Å². The molecule has 4 rings (SSSR count). The van der Waals surface area contributed by atoms with Crippen LogP contribution in [0.3, 0.4) is 0 Å². The lowest BCUT2D eigenvalue weighted by Crippen LogP contribution is -2.36. The third kappa shape index (κ3) is 5.82. The minimum Gasteiger partial charge on any atom is -0.475 e. The quantitative estimate of drug-likeness (QED) is 0.700. The van der Waals surface area contributed by atoms with Crippen molar-refractivity contribution < 1.29 is 32.3 Å². The predicted octanol–water partition coefficient (Wildman–Crippen LogP) is 4.15. The highest BCUT2D eigenvalue weighted by Gasteiger charge is 2.50. The zero-order chi connectivity index (χ0) is 22.6. The molecule has 1 N–H and O–H groups in total. The Morgan fingerprint density at radius 2 is 1.84 bits per heavy atom. The summed E-state index contributed by atoms with van der Waals surface area (Å²) in [7, 11) is 0. The molecule has 31 heavy (non-hydrogen) atoms. The molecule has 3 heterocycles. The van der Waals surface area contributed by atoms with Gasteiger partial charge in [0, 0.05) is 31.1 Å². The molecule has 1 unspecified atom stereocenters. The summed E-state index contributed by atoms with van der Waals surface area (Å²) >= 11 is 1.77. The van der Waals surface area contributed by atoms with Gasteiger partial charge in [-0.3, -0.25) is 9.69 Å². The summed E-state index contributed by atoms with van der Waals surface area (Å²) in [6.45, 7) is 4.07. The van der Waals surface area contributed by atoms with Crippen LogP contribution in [-0.4, -0.2) is 52.6 Å². The molecule has 0 aliphatic carbocycles. The average molecular weight is 458 g/mol. The fraction of sp³-hybridized carbons (Fsp3) is 0.429. The lowest BCUT2D eigenvalue weighted by molar-refractivity contribution is -0.192. The van der Waals surface area contributed by atoms with Crippen LogP contribution in [0.4, 0.5) is 17.6 Å². The number of alkyl halides is 3. The summed E-state index contributed by atoms with van der Waals surface area (Å²) in [5.41, 5.74) is 0.652. The van der Waals surface area contributed by atoms with Crippen LogP contribution in [0.2, 0.25) is 0 Å². The summed E-state index contributed by atoms with van der Waals surface area (Å²) < 4.78 is 45.1. The van der Waals surface area contributed by atoms with Crippen LogP contribution in [0.25, 0.3) is 0 Å². The number of carboxylic acids is 1. The molecule has 1 aromatic carbocycles. The van der Waals surface area contributed by atoms with Gasteiger partial charge in [0.1, 0.15) is 5.82 Å². The van der Waals surface area contributed by atoms with E-state index in [1.165, 1.54) is 17.0 Å². The van der Waals surface area contributed by atoms with Crippen LogP contribution in [-0.2, 0) is 22.7 Å². The normalized spacial score (nSPS) is 21.4. The molecular weight excluding hydrogens is 436 g/mol. The third-order valence-corrected chi connectivity index (χ3v) is 6.36. The number of amides is 1. The van der Waals surface area contributed by atoms with Crippen molar-refractivity contribution >= 4 is 23.2 Å². The largest absolute Gasteiger partial charge is 0.490 e. The molecule has 2 aliphatic rings. The van der Waals surface area contributed by atoms with Gasteiger partial charge in [-0.25, -0.2) is 9.18 Å². The third-order valence-electron chi connectivity index (χ3n) is 5.50. The molecule has 5 nitrogen and oxygen atoms in total. The zero-order valence-electron chi connectivity index (χ0n) is 16.6. The lowest BCUT2D eigenvalue weighted by atomic mass is 9.85. The molecule has 2 saturated heterocycles. The molecule has 10 heteroatoms. The second kappa shape index (κ2) is 9.35. The van der Waals surface area contributed by atoms with Crippen molar-refractivity contribution in [3.05, 3.63) is 58.0 Å². The van der Waals surface area contributed by atoms with Crippen LogP contribution < -0.4 is 0 Å². The highest BCUT2D eigenvalue weighted by Crippen LogP contribution is 2.41. The van der Waals surface area contributed by atoms with E-state index in [1.807, 2.05) is 11.0 Å². The van der Waals surface area contributed by atoms with E-state index >= 15 is 0 Å². The van der Waals surface area contributed by atoms with Crippen molar-refractivity contribution in [2.45, 2.75) is 32.1 Å². The first-order chi connectivity index (χ1) is 14.6. The number of benzene rings is 1. The van der Waals surface area contributed by atoms with E-state index in [0.717, 1.165) is 44.6 Å². The molecular formula is C21H22F4N2O3S. The Balaban J connectivity index is 0.000000339. The highest BCUT2D eigenvalue weighted by molar-refractivity contribution is 7.09. The summed E-state index contributed by atoms with van der Waals surface area (Å²) in [4.78, 5) is 27.5. The maximum absolute atomic E-state index is 13.4. The SMILES string of the molecule is O=C(O)C(F)(F)F.O=C1N(Cc2cccc(F)c2)CCC12CCN(Cc1cccs1)C2. The lowest BCUT2D eigenvalue weighted by Gasteiger charge is -2.23. The van der Waals surface area contributed by atoms with Crippen LogP contribution in [0, 0.1) is 11.2 Å². The maximum Gasteiger partial charge on any atom is 0.490 e. The zero-order valence-corrected chi connectivity index (χ0v) is 17.4. The number of hydrogen-bond donors (Lipinski definition) is 1. The predicted molar refractivity (Wildman–Crippen MR) is 107 cm³/mol. The number of rotatable bonds is 4. The molecule has 0 radical (unpaired) electrons. The second-order valence-electron chi connectivity index (χ2n) is 7.73. The van der Waals surface area contributed by atoms with E-state index in [-0.39, 0.29) is 17.1 Å². The smallest absolute Gasteiger partial charge is 0.475 e. The number of thiophene rings is 1. The molecule has 1 amide bonds. The van der Waals surface area contributed by atoms with Crippen molar-refractivity contribution in [2.24, 2.45) is 5.41 Å². The van der Waals surface area contributed by atoms with Gasteiger partial charge in [-0.05, 0) is 48.5 Å². The fourth-order valence-corrected chi connectivity index (χ4v) is 4.74. The first-order valence-electron chi connectivity index (χ1n) is 9.68. The molecule has 0 bridgehead atoms. The Morgan fingerprint density at radius 1 is 1.13 bits per heavy atom. The van der Waals surface area contributed by atoms with E-state index in [2.05, 4.69) is 22.4 Å². The van der Waals surface area contributed by atoms with E-state index in [1.54, 1.807) is 17.4 Å². The van der Waals surface area contributed by atoms with E-state index in [0.29, 0.717) is 6.54 Å². The number of carbonyl (C=O) groups excluding carboxylic acids is 1. The first-order valence-corrected chi connectivity index (χ1v) is 10.6. The van der Waals surface area contributed by atoms with Crippen molar-refractivity contribution in [1.82, 2.24) is 9.80 Å². The number of carbonyl (C=O) groups is 2. The van der Waals surface area contributed by atoms with Crippen molar-refractivity contribution in [3.8, 4) is 0 Å². The standard InChI is InChI=1S/C19H21FN2OS.C2HF3O2/c20-16-4-1-3-15(11-16)12-22-9-7-19(18(22)23)6-8-21(14-19)13-17-5-2-10-24-17;3-2(4,5)1(6)7/h1-5,10-11H,6-9,12-14H2;(H,6,7). The fourth-order valence-electron chi connectivity index (χ4n) is 3.99. The number of nitrogens with zero attached hydrogens (tertiary/aromatic N) is 2. The molecule has 168 valence electrons. The van der Waals surface area contributed by atoms with Crippen molar-refractivity contribution in [2.75, 3.05) is 19.6 Å². The number of halogens is 4. The Morgan fingerprint density at radius 3 is 2.45 bits per heavy atom. The van der Waals surface area contributed by atoms with Crippen LogP contribution >= 0.6 is 11.3 Å². The molecule has 2 fully saturated rings. The van der Waals surface area contributed by atoms with Crippen molar-refractivity contribution in [3.63, 3.8) is 0 Å². The minimum absolute atomic E-state index is 0.218. The summed E-state index contributed by atoms with van der Waals surface area (Å²) in [6, 6.07) is 10.8. The molecule has 2 aliphatic heterocycles. The average Bonchev–Trinajstić information content (AvgIpc) is 3.41. The van der Waals surface area contributed by atoms with Gasteiger partial charge in [0.2, 0.25) is 5.91 Å². The van der Waals surface area contributed by atoms with Crippen LogP contribution in [0.5, 0.6) is 0 Å². The molecule has 1 spiro atoms. The van der Waals surface area contributed by atoms with E-state index < -0.39 is 12.1 Å². The number of likely N-dealkylation sites (tertiary alicyclic amines) is 2.